The Kier molecular flexibility index (Phi) is 3.02. The average Bonchev–Trinajstić information content (AvgIpc) is 2.97. The highest BCUT2D eigenvalue weighted by Gasteiger charge is 2.12. The van der Waals surface area contributed by atoms with E-state index in [1.54, 1.807) is 12.5 Å². The number of carbonyl (C=O) groups excluding carboxylic acids is 1. The molecule has 2 aromatic heterocycles. The van der Waals surface area contributed by atoms with Crippen LogP contribution in [0.3, 0.4) is 0 Å². The second-order valence-corrected chi connectivity index (χ2v) is 4.91. The number of carbonyl (C=O) groups is 1. The first-order valence-corrected chi connectivity index (χ1v) is 6.40. The molecule has 20 heavy (non-hydrogen) atoms. The summed E-state index contributed by atoms with van der Waals surface area (Å²) < 4.78 is 5.49. The van der Waals surface area contributed by atoms with Crippen molar-refractivity contribution < 1.29 is 9.21 Å². The number of rotatable bonds is 3. The largest absolute Gasteiger partial charge is 0.464 e. The Morgan fingerprint density at radius 3 is 3.00 bits per heavy atom. The van der Waals surface area contributed by atoms with Gasteiger partial charge in [-0.3, -0.25) is 9.89 Å². The Morgan fingerprint density at radius 2 is 2.25 bits per heavy atom. The van der Waals surface area contributed by atoms with E-state index >= 15 is 0 Å². The Hall–Kier alpha value is -2.56. The van der Waals surface area contributed by atoms with Crippen LogP contribution in [0, 0.1) is 13.8 Å². The van der Waals surface area contributed by atoms with Crippen molar-refractivity contribution in [3.8, 4) is 0 Å². The number of hydrogen-bond donors (Lipinski definition) is 2. The number of aryl methyl sites for hydroxylation is 2. The van der Waals surface area contributed by atoms with Crippen molar-refractivity contribution in [1.29, 1.82) is 0 Å². The zero-order chi connectivity index (χ0) is 14.1. The molecule has 2 heterocycles. The van der Waals surface area contributed by atoms with E-state index < -0.39 is 0 Å². The van der Waals surface area contributed by atoms with Gasteiger partial charge in [-0.05, 0) is 25.5 Å². The van der Waals surface area contributed by atoms with Crippen LogP contribution < -0.4 is 5.32 Å². The van der Waals surface area contributed by atoms with E-state index in [-0.39, 0.29) is 12.3 Å². The van der Waals surface area contributed by atoms with Crippen molar-refractivity contribution >= 4 is 22.7 Å². The van der Waals surface area contributed by atoms with Crippen LogP contribution in [0.2, 0.25) is 0 Å². The van der Waals surface area contributed by atoms with Crippen LogP contribution in [0.4, 0.5) is 5.82 Å². The lowest BCUT2D eigenvalue weighted by atomic mass is 10.1. The second-order valence-electron chi connectivity index (χ2n) is 4.91. The number of amides is 1. The van der Waals surface area contributed by atoms with E-state index in [0.717, 1.165) is 27.7 Å². The summed E-state index contributed by atoms with van der Waals surface area (Å²) >= 11 is 0. The summed E-state index contributed by atoms with van der Waals surface area (Å²) in [6.07, 6.45) is 3.59. The first kappa shape index (κ1) is 12.5. The normalized spacial score (nSPS) is 10.9. The number of fused-ring (bicyclic) bond motifs is 1. The highest BCUT2D eigenvalue weighted by atomic mass is 16.3. The Labute approximate surface area is 116 Å². The van der Waals surface area contributed by atoms with E-state index in [1.807, 2.05) is 32.0 Å². The molecule has 1 aromatic carbocycles. The Balaban J connectivity index is 1.79. The summed E-state index contributed by atoms with van der Waals surface area (Å²) in [7, 11) is 0. The van der Waals surface area contributed by atoms with E-state index in [0.29, 0.717) is 5.82 Å². The topological polar surface area (TPSA) is 70.9 Å². The minimum atomic E-state index is -0.0966. The minimum Gasteiger partial charge on any atom is -0.464 e. The molecule has 2 N–H and O–H groups in total. The second kappa shape index (κ2) is 4.85. The maximum Gasteiger partial charge on any atom is 0.230 e. The highest BCUT2D eigenvalue weighted by molar-refractivity contribution is 5.95. The summed E-state index contributed by atoms with van der Waals surface area (Å²) in [6.45, 7) is 3.89. The third-order valence-electron chi connectivity index (χ3n) is 3.26. The molecule has 1 amide bonds. The third-order valence-corrected chi connectivity index (χ3v) is 3.26. The van der Waals surface area contributed by atoms with Crippen molar-refractivity contribution in [2.45, 2.75) is 20.3 Å². The SMILES string of the molecule is Cc1ccc2c(CC(=O)Nc3[nH]ncc3C)coc2c1. The molecule has 0 radical (unpaired) electrons. The molecular formula is C15H15N3O2. The monoisotopic (exact) mass is 269 g/mol. The van der Waals surface area contributed by atoms with Gasteiger partial charge in [0.2, 0.25) is 5.91 Å². The molecule has 3 rings (SSSR count). The van der Waals surface area contributed by atoms with Crippen molar-refractivity contribution in [1.82, 2.24) is 10.2 Å². The van der Waals surface area contributed by atoms with Crippen LogP contribution in [-0.2, 0) is 11.2 Å². The molecule has 0 aliphatic heterocycles. The van der Waals surface area contributed by atoms with Crippen LogP contribution in [0.1, 0.15) is 16.7 Å². The molecule has 0 unspecified atom stereocenters. The van der Waals surface area contributed by atoms with Crippen LogP contribution in [0.25, 0.3) is 11.0 Å². The van der Waals surface area contributed by atoms with Gasteiger partial charge in [0.25, 0.3) is 0 Å². The zero-order valence-electron chi connectivity index (χ0n) is 11.4. The molecule has 5 heteroatoms. The summed E-state index contributed by atoms with van der Waals surface area (Å²) in [5.74, 6) is 0.541. The molecule has 0 bridgehead atoms. The third kappa shape index (κ3) is 2.30. The summed E-state index contributed by atoms with van der Waals surface area (Å²) in [5.41, 5.74) is 3.74. The minimum absolute atomic E-state index is 0.0966. The van der Waals surface area contributed by atoms with Gasteiger partial charge in [0.15, 0.2) is 0 Å². The van der Waals surface area contributed by atoms with Crippen molar-refractivity contribution in [2.75, 3.05) is 5.32 Å². The van der Waals surface area contributed by atoms with E-state index in [4.69, 9.17) is 4.42 Å². The molecule has 102 valence electrons. The number of anilines is 1. The quantitative estimate of drug-likeness (QED) is 0.768. The zero-order valence-corrected chi connectivity index (χ0v) is 11.4. The van der Waals surface area contributed by atoms with Gasteiger partial charge in [0, 0.05) is 16.5 Å². The fourth-order valence-electron chi connectivity index (χ4n) is 2.16. The van der Waals surface area contributed by atoms with Crippen molar-refractivity contribution in [2.24, 2.45) is 0 Å². The van der Waals surface area contributed by atoms with Crippen LogP contribution >= 0.6 is 0 Å². The number of hydrogen-bond acceptors (Lipinski definition) is 3. The fourth-order valence-corrected chi connectivity index (χ4v) is 2.16. The first-order valence-electron chi connectivity index (χ1n) is 6.40. The average molecular weight is 269 g/mol. The van der Waals surface area contributed by atoms with Crippen LogP contribution in [-0.4, -0.2) is 16.1 Å². The summed E-state index contributed by atoms with van der Waals surface area (Å²) in [5, 5.41) is 10.4. The maximum atomic E-state index is 12.0. The lowest BCUT2D eigenvalue weighted by Crippen LogP contribution is -2.15. The molecule has 0 atom stereocenters. The molecular weight excluding hydrogens is 254 g/mol. The smallest absolute Gasteiger partial charge is 0.230 e. The molecule has 0 fully saturated rings. The number of aromatic nitrogens is 2. The van der Waals surface area contributed by atoms with Gasteiger partial charge in [-0.15, -0.1) is 0 Å². The molecule has 5 nitrogen and oxygen atoms in total. The highest BCUT2D eigenvalue weighted by Crippen LogP contribution is 2.23. The Bertz CT molecular complexity index is 770. The molecule has 3 aromatic rings. The lowest BCUT2D eigenvalue weighted by molar-refractivity contribution is -0.115. The van der Waals surface area contributed by atoms with Crippen molar-refractivity contribution in [3.63, 3.8) is 0 Å². The van der Waals surface area contributed by atoms with Crippen LogP contribution in [0.5, 0.6) is 0 Å². The van der Waals surface area contributed by atoms with Gasteiger partial charge in [0.1, 0.15) is 11.4 Å². The summed E-state index contributed by atoms with van der Waals surface area (Å²) in [6, 6.07) is 5.96. The number of benzene rings is 1. The number of aromatic amines is 1. The number of nitrogens with one attached hydrogen (secondary N) is 2. The predicted octanol–water partition coefficient (Wildman–Crippen LogP) is 2.95. The van der Waals surface area contributed by atoms with E-state index in [1.165, 1.54) is 0 Å². The lowest BCUT2D eigenvalue weighted by Gasteiger charge is -2.02. The van der Waals surface area contributed by atoms with Gasteiger partial charge in [0.05, 0.1) is 18.9 Å². The number of H-pyrrole nitrogens is 1. The number of furan rings is 1. The van der Waals surface area contributed by atoms with Gasteiger partial charge in [-0.25, -0.2) is 0 Å². The van der Waals surface area contributed by atoms with Crippen LogP contribution in [0.15, 0.2) is 35.1 Å². The molecule has 0 aliphatic carbocycles. The first-order chi connectivity index (χ1) is 9.63. The van der Waals surface area contributed by atoms with Gasteiger partial charge in [-0.1, -0.05) is 12.1 Å². The van der Waals surface area contributed by atoms with E-state index in [9.17, 15) is 4.79 Å². The fraction of sp³-hybridized carbons (Fsp3) is 0.200. The Morgan fingerprint density at radius 1 is 1.40 bits per heavy atom. The summed E-state index contributed by atoms with van der Waals surface area (Å²) in [4.78, 5) is 12.0. The van der Waals surface area contributed by atoms with Gasteiger partial charge in [-0.2, -0.15) is 5.10 Å². The molecule has 0 saturated carbocycles. The van der Waals surface area contributed by atoms with Gasteiger partial charge < -0.3 is 9.73 Å². The maximum absolute atomic E-state index is 12.0. The predicted molar refractivity (Wildman–Crippen MR) is 76.6 cm³/mol. The number of nitrogens with zero attached hydrogens (tertiary/aromatic N) is 1. The van der Waals surface area contributed by atoms with E-state index in [2.05, 4.69) is 15.5 Å². The van der Waals surface area contributed by atoms with Gasteiger partial charge >= 0.3 is 0 Å². The van der Waals surface area contributed by atoms with Crippen molar-refractivity contribution in [3.05, 3.63) is 47.3 Å². The molecule has 0 spiro atoms. The standard InChI is InChI=1S/C15H15N3O2/c1-9-3-4-12-11(8-20-13(12)5-9)6-14(19)17-15-10(2)7-16-18-15/h3-5,7-8H,6H2,1-2H3,(H2,16,17,18,19). The molecule has 0 saturated heterocycles. The molecule has 0 aliphatic rings.